The van der Waals surface area contributed by atoms with Crippen molar-refractivity contribution in [2.75, 3.05) is 6.61 Å². The number of nitrogens with zero attached hydrogens (tertiary/aromatic N) is 2. The monoisotopic (exact) mass is 566 g/mol. The van der Waals surface area contributed by atoms with Gasteiger partial charge in [-0.1, -0.05) is 86.8 Å². The van der Waals surface area contributed by atoms with Crippen LogP contribution in [0.3, 0.4) is 0 Å². The van der Waals surface area contributed by atoms with Crippen LogP contribution in [0.4, 0.5) is 4.79 Å². The highest BCUT2D eigenvalue weighted by atomic mass is 32.1. The molecular formula is C30H38N4O5S. The molecule has 10 heteroatoms. The number of aliphatic hydroxyl groups excluding tert-OH is 1. The van der Waals surface area contributed by atoms with Gasteiger partial charge < -0.3 is 25.6 Å². The largest absolute Gasteiger partial charge is 0.468 e. The van der Waals surface area contributed by atoms with Gasteiger partial charge in [-0.3, -0.25) is 4.79 Å². The van der Waals surface area contributed by atoms with Crippen LogP contribution in [0.15, 0.2) is 60.7 Å². The van der Waals surface area contributed by atoms with E-state index in [1.54, 1.807) is 0 Å². The zero-order chi connectivity index (χ0) is 28.6. The number of carbonyl (C=O) groups excluding carboxylic acids is 1. The fourth-order valence-electron chi connectivity index (χ4n) is 5.48. The number of carbonyl (C=O) groups is 2. The molecule has 4 rings (SSSR count). The second-order valence-corrected chi connectivity index (χ2v) is 11.5. The summed E-state index contributed by atoms with van der Waals surface area (Å²) in [6.45, 7) is 4.13. The molecule has 1 heterocycles. The number of hydrogen-bond acceptors (Lipinski definition) is 7. The van der Waals surface area contributed by atoms with Crippen molar-refractivity contribution in [3.05, 3.63) is 66.2 Å². The van der Waals surface area contributed by atoms with E-state index in [4.69, 9.17) is 4.74 Å². The average Bonchev–Trinajstić information content (AvgIpc) is 3.42. The number of aromatic nitrogens is 2. The highest BCUT2D eigenvalue weighted by Gasteiger charge is 2.51. The zero-order valence-electron chi connectivity index (χ0n) is 23.0. The van der Waals surface area contributed by atoms with Crippen LogP contribution in [0, 0.1) is 5.41 Å². The number of unbranched alkanes of at least 4 members (excludes halogenated alkanes) is 1. The van der Waals surface area contributed by atoms with Gasteiger partial charge >= 0.3 is 6.09 Å². The molecule has 0 spiro atoms. The van der Waals surface area contributed by atoms with E-state index in [0.29, 0.717) is 30.5 Å². The first kappa shape index (κ1) is 29.5. The predicted octanol–water partition coefficient (Wildman–Crippen LogP) is 5.58. The quantitative estimate of drug-likeness (QED) is 0.200. The van der Waals surface area contributed by atoms with Crippen molar-refractivity contribution in [2.24, 2.45) is 5.41 Å². The van der Waals surface area contributed by atoms with Crippen LogP contribution < -0.4 is 15.4 Å². The number of carboxylic acid groups (broad SMARTS) is 1. The maximum atomic E-state index is 13.4. The van der Waals surface area contributed by atoms with Gasteiger partial charge in [-0.2, -0.15) is 9.36 Å². The van der Waals surface area contributed by atoms with Crippen molar-refractivity contribution in [1.29, 1.82) is 0 Å². The van der Waals surface area contributed by atoms with Gasteiger partial charge in [0, 0.05) is 22.5 Å². The number of rotatable bonds is 14. The fourth-order valence-corrected chi connectivity index (χ4v) is 6.03. The lowest BCUT2D eigenvalue weighted by molar-refractivity contribution is -0.137. The zero-order valence-corrected chi connectivity index (χ0v) is 23.8. The van der Waals surface area contributed by atoms with Gasteiger partial charge in [0.2, 0.25) is 0 Å². The van der Waals surface area contributed by atoms with Gasteiger partial charge in [0.05, 0.1) is 18.2 Å². The van der Waals surface area contributed by atoms with E-state index in [-0.39, 0.29) is 12.5 Å². The Morgan fingerprint density at radius 3 is 2.40 bits per heavy atom. The first-order chi connectivity index (χ1) is 19.3. The number of benzene rings is 2. The molecule has 0 aliphatic heterocycles. The Balaban J connectivity index is 1.52. The molecule has 9 nitrogen and oxygen atoms in total. The third-order valence-electron chi connectivity index (χ3n) is 7.81. The van der Waals surface area contributed by atoms with E-state index in [1.165, 1.54) is 11.5 Å². The van der Waals surface area contributed by atoms with Crippen LogP contribution in [0.1, 0.15) is 70.4 Å². The summed E-state index contributed by atoms with van der Waals surface area (Å²) in [5.41, 5.74) is 0.00280. The first-order valence-corrected chi connectivity index (χ1v) is 14.6. The molecule has 1 fully saturated rings. The van der Waals surface area contributed by atoms with E-state index >= 15 is 0 Å². The Bertz CT molecular complexity index is 1250. The summed E-state index contributed by atoms with van der Waals surface area (Å²) in [6, 6.07) is 18.7. The molecule has 4 N–H and O–H groups in total. The standard InChI is InChI=1S/C30H38N4O5S/c1-3-4-18-30(33-27(37)38,24(35)26(36)31-21(2)22-12-7-5-8-13-22)19-29(16-11-17-29)20-39-28-32-25(34-40-28)23-14-9-6-10-15-23/h5-10,12-15,21,24,33,35H,3-4,11,16-20H2,1-2H3,(H,31,36)(H,37,38)/t21-,24?,30?/m1/s1. The van der Waals surface area contributed by atoms with E-state index in [2.05, 4.69) is 20.0 Å². The molecule has 3 atom stereocenters. The summed E-state index contributed by atoms with van der Waals surface area (Å²) in [6.07, 6.45) is 1.71. The van der Waals surface area contributed by atoms with Crippen molar-refractivity contribution in [3.63, 3.8) is 0 Å². The Hall–Kier alpha value is -3.50. The van der Waals surface area contributed by atoms with Crippen molar-refractivity contribution < 1.29 is 24.5 Å². The van der Waals surface area contributed by atoms with Gasteiger partial charge in [-0.25, -0.2) is 4.79 Å². The molecule has 1 aromatic heterocycles. The first-order valence-electron chi connectivity index (χ1n) is 13.8. The Morgan fingerprint density at radius 2 is 1.80 bits per heavy atom. The lowest BCUT2D eigenvalue weighted by Crippen LogP contribution is -2.64. The highest BCUT2D eigenvalue weighted by Crippen LogP contribution is 2.49. The summed E-state index contributed by atoms with van der Waals surface area (Å²) in [5, 5.41) is 27.3. The van der Waals surface area contributed by atoms with Crippen molar-refractivity contribution >= 4 is 23.5 Å². The maximum absolute atomic E-state index is 13.4. The van der Waals surface area contributed by atoms with E-state index in [1.807, 2.05) is 74.5 Å². The number of nitrogens with one attached hydrogen (secondary N) is 2. The van der Waals surface area contributed by atoms with Gasteiger partial charge in [0.1, 0.15) is 0 Å². The van der Waals surface area contributed by atoms with Crippen molar-refractivity contribution in [2.45, 2.75) is 76.5 Å². The molecule has 2 amide bonds. The van der Waals surface area contributed by atoms with Crippen LogP contribution in [0.25, 0.3) is 11.4 Å². The maximum Gasteiger partial charge on any atom is 0.405 e. The molecule has 0 radical (unpaired) electrons. The molecule has 1 aliphatic rings. The molecule has 2 unspecified atom stereocenters. The summed E-state index contributed by atoms with van der Waals surface area (Å²) >= 11 is 1.17. The Labute approximate surface area is 239 Å². The van der Waals surface area contributed by atoms with E-state index < -0.39 is 29.1 Å². The smallest absolute Gasteiger partial charge is 0.405 e. The lowest BCUT2D eigenvalue weighted by Gasteiger charge is -2.49. The number of amides is 2. The molecule has 0 saturated heterocycles. The molecular weight excluding hydrogens is 528 g/mol. The van der Waals surface area contributed by atoms with Crippen LogP contribution in [0.5, 0.6) is 5.19 Å². The number of hydrogen-bond donors (Lipinski definition) is 4. The summed E-state index contributed by atoms with van der Waals surface area (Å²) in [4.78, 5) is 30.0. The Kier molecular flexibility index (Phi) is 9.76. The summed E-state index contributed by atoms with van der Waals surface area (Å²) < 4.78 is 10.5. The minimum absolute atomic E-state index is 0.269. The van der Waals surface area contributed by atoms with E-state index in [9.17, 15) is 19.8 Å². The van der Waals surface area contributed by atoms with E-state index in [0.717, 1.165) is 36.8 Å². The highest BCUT2D eigenvalue weighted by molar-refractivity contribution is 7.07. The van der Waals surface area contributed by atoms with Gasteiger partial charge in [-0.05, 0) is 38.2 Å². The molecule has 40 heavy (non-hydrogen) atoms. The lowest BCUT2D eigenvalue weighted by atomic mass is 9.61. The molecule has 1 saturated carbocycles. The predicted molar refractivity (Wildman–Crippen MR) is 154 cm³/mol. The third-order valence-corrected chi connectivity index (χ3v) is 8.44. The van der Waals surface area contributed by atoms with Crippen LogP contribution in [-0.2, 0) is 4.79 Å². The fraction of sp³-hybridized carbons (Fsp3) is 0.467. The average molecular weight is 567 g/mol. The van der Waals surface area contributed by atoms with Crippen molar-refractivity contribution in [1.82, 2.24) is 20.0 Å². The SMILES string of the molecule is CCCCC(CC1(COc2nc(-c3ccccc3)ns2)CCC1)(NC(=O)O)C(O)C(=O)N[C@H](C)c1ccccc1. The van der Waals surface area contributed by atoms with Crippen molar-refractivity contribution in [3.8, 4) is 16.6 Å². The second kappa shape index (κ2) is 13.2. The van der Waals surface area contributed by atoms with Gasteiger partial charge in [-0.15, -0.1) is 0 Å². The Morgan fingerprint density at radius 1 is 1.12 bits per heavy atom. The van der Waals surface area contributed by atoms with Crippen LogP contribution >= 0.6 is 11.5 Å². The minimum Gasteiger partial charge on any atom is -0.468 e. The molecule has 2 aromatic carbocycles. The minimum atomic E-state index is -1.58. The summed E-state index contributed by atoms with van der Waals surface area (Å²) in [5.74, 6) is -0.0130. The number of ether oxygens (including phenoxy) is 1. The van der Waals surface area contributed by atoms with Crippen LogP contribution in [-0.4, -0.2) is 49.8 Å². The normalized spacial score (nSPS) is 17.1. The molecule has 214 valence electrons. The van der Waals surface area contributed by atoms with Gasteiger partial charge in [0.25, 0.3) is 11.1 Å². The van der Waals surface area contributed by atoms with Gasteiger partial charge in [0.15, 0.2) is 11.9 Å². The second-order valence-electron chi connectivity index (χ2n) is 10.8. The molecule has 3 aromatic rings. The molecule has 0 bridgehead atoms. The van der Waals surface area contributed by atoms with Crippen LogP contribution in [0.2, 0.25) is 0 Å². The topological polar surface area (TPSA) is 134 Å². The number of aliphatic hydroxyl groups is 1. The molecule has 1 aliphatic carbocycles. The summed E-state index contributed by atoms with van der Waals surface area (Å²) in [7, 11) is 0. The third kappa shape index (κ3) is 7.17.